The molecule has 0 amide bonds. The van der Waals surface area contributed by atoms with Gasteiger partial charge in [0.1, 0.15) is 6.61 Å². The smallest absolute Gasteiger partial charge is 0.113 e. The molecule has 11 heavy (non-hydrogen) atoms. The van der Waals surface area contributed by atoms with Crippen molar-refractivity contribution < 1.29 is 4.74 Å². The van der Waals surface area contributed by atoms with Crippen molar-refractivity contribution in [3.8, 4) is 0 Å². The average Bonchev–Trinajstić information content (AvgIpc) is 2.80. The highest BCUT2D eigenvalue weighted by molar-refractivity contribution is 4.82. The van der Waals surface area contributed by atoms with Crippen molar-refractivity contribution in [2.45, 2.75) is 44.6 Å². The number of ether oxygens (including phenoxy) is 1. The third kappa shape index (κ3) is 5.02. The second-order valence-electron chi connectivity index (χ2n) is 3.09. The van der Waals surface area contributed by atoms with Gasteiger partial charge >= 0.3 is 0 Å². The van der Waals surface area contributed by atoms with E-state index < -0.39 is 0 Å². The van der Waals surface area contributed by atoms with Gasteiger partial charge < -0.3 is 4.74 Å². The maximum absolute atomic E-state index is 5.00. The quantitative estimate of drug-likeness (QED) is 0.311. The van der Waals surface area contributed by atoms with Gasteiger partial charge in [0.25, 0.3) is 0 Å². The predicted octanol–water partition coefficient (Wildman–Crippen LogP) is 3.07. The normalized spacial score (nSPS) is 21.6. The Bertz CT molecular complexity index is 105. The van der Waals surface area contributed by atoms with Crippen molar-refractivity contribution in [2.75, 3.05) is 0 Å². The molecule has 0 aromatic carbocycles. The fraction of sp³-hybridized carbons (Fsp3) is 0.700. The molecule has 0 bridgehead atoms. The molecule has 1 radical (unpaired) electrons. The topological polar surface area (TPSA) is 12.5 Å². The maximum atomic E-state index is 5.00. The zero-order valence-electron chi connectivity index (χ0n) is 7.09. The van der Waals surface area contributed by atoms with E-state index in [-0.39, 0.29) is 0 Å². The van der Waals surface area contributed by atoms with E-state index in [0.29, 0.717) is 6.10 Å². The summed E-state index contributed by atoms with van der Waals surface area (Å²) in [4.78, 5) is 0. The van der Waals surface area contributed by atoms with Crippen LogP contribution in [-0.2, 0) is 4.74 Å². The van der Waals surface area contributed by atoms with Gasteiger partial charge in [0.15, 0.2) is 0 Å². The Morgan fingerprint density at radius 2 is 2.00 bits per heavy atom. The monoisotopic (exact) mass is 153 g/mol. The summed E-state index contributed by atoms with van der Waals surface area (Å²) >= 11 is 0. The van der Waals surface area contributed by atoms with Crippen molar-refractivity contribution in [1.82, 2.24) is 0 Å². The van der Waals surface area contributed by atoms with Crippen LogP contribution in [0.4, 0.5) is 0 Å². The van der Waals surface area contributed by atoms with Crippen molar-refractivity contribution in [1.29, 1.82) is 0 Å². The number of unbranched alkanes of at least 4 members (excludes halogenated alkanes) is 4. The number of hydrogen-bond acceptors (Lipinski definition) is 1. The summed E-state index contributed by atoms with van der Waals surface area (Å²) in [5.74, 6) is 0. The summed E-state index contributed by atoms with van der Waals surface area (Å²) in [7, 11) is 0. The highest BCUT2D eigenvalue weighted by Crippen LogP contribution is 2.22. The Morgan fingerprint density at radius 3 is 2.64 bits per heavy atom. The summed E-state index contributed by atoms with van der Waals surface area (Å²) in [6, 6.07) is 0. The van der Waals surface area contributed by atoms with Crippen LogP contribution >= 0.6 is 0 Å². The van der Waals surface area contributed by atoms with Gasteiger partial charge in [-0.25, -0.2) is 0 Å². The van der Waals surface area contributed by atoms with E-state index in [1.807, 2.05) is 12.7 Å². The molecule has 0 aliphatic carbocycles. The molecule has 0 N–H and O–H groups in total. The molecule has 1 fully saturated rings. The predicted molar refractivity (Wildman–Crippen MR) is 47.1 cm³/mol. The Kier molecular flexibility index (Phi) is 4.29. The summed E-state index contributed by atoms with van der Waals surface area (Å²) < 4.78 is 5.00. The van der Waals surface area contributed by atoms with E-state index in [9.17, 15) is 0 Å². The van der Waals surface area contributed by atoms with Crippen LogP contribution in [0.2, 0.25) is 0 Å². The van der Waals surface area contributed by atoms with Crippen LogP contribution in [-0.4, -0.2) is 6.10 Å². The van der Waals surface area contributed by atoms with Crippen molar-refractivity contribution in [3.63, 3.8) is 0 Å². The molecule has 1 atom stereocenters. The largest absolute Gasteiger partial charge is 0.367 e. The van der Waals surface area contributed by atoms with Crippen LogP contribution in [0.5, 0.6) is 0 Å². The summed E-state index contributed by atoms with van der Waals surface area (Å²) in [6.45, 7) is 5.61. The van der Waals surface area contributed by atoms with Crippen LogP contribution in [0.1, 0.15) is 38.5 Å². The molecule has 1 nitrogen and oxygen atoms in total. The van der Waals surface area contributed by atoms with E-state index in [4.69, 9.17) is 4.74 Å². The van der Waals surface area contributed by atoms with Gasteiger partial charge in [-0.1, -0.05) is 25.3 Å². The van der Waals surface area contributed by atoms with E-state index in [0.717, 1.165) is 0 Å². The summed E-state index contributed by atoms with van der Waals surface area (Å²) in [5.41, 5.74) is 0. The minimum Gasteiger partial charge on any atom is -0.367 e. The Hall–Kier alpha value is -0.300. The lowest BCUT2D eigenvalue weighted by Crippen LogP contribution is -1.84. The first-order valence-corrected chi connectivity index (χ1v) is 4.53. The first-order chi connectivity index (χ1) is 5.43. The van der Waals surface area contributed by atoms with E-state index in [2.05, 4.69) is 6.58 Å². The number of hydrogen-bond donors (Lipinski definition) is 0. The molecule has 1 unspecified atom stereocenters. The van der Waals surface area contributed by atoms with Gasteiger partial charge in [0, 0.05) is 0 Å². The van der Waals surface area contributed by atoms with Crippen LogP contribution in [0.15, 0.2) is 12.7 Å². The molecule has 1 heterocycles. The second kappa shape index (κ2) is 5.36. The molecule has 0 aromatic heterocycles. The lowest BCUT2D eigenvalue weighted by atomic mass is 10.1. The van der Waals surface area contributed by atoms with E-state index in [1.165, 1.54) is 38.5 Å². The fourth-order valence-electron chi connectivity index (χ4n) is 1.18. The first-order valence-electron chi connectivity index (χ1n) is 4.53. The molecule has 0 aromatic rings. The Labute approximate surface area is 69.4 Å². The number of epoxide rings is 1. The minimum absolute atomic E-state index is 0.509. The van der Waals surface area contributed by atoms with Gasteiger partial charge in [-0.2, -0.15) is 0 Å². The molecule has 1 heteroatoms. The molecule has 0 saturated carbocycles. The highest BCUT2D eigenvalue weighted by Gasteiger charge is 2.21. The molecular weight excluding hydrogens is 136 g/mol. The SMILES string of the molecule is C=CCCCCCCC1[CH]O1. The second-order valence-corrected chi connectivity index (χ2v) is 3.09. The zero-order chi connectivity index (χ0) is 7.94. The molecule has 1 rings (SSSR count). The van der Waals surface area contributed by atoms with Gasteiger partial charge in [-0.05, 0) is 19.3 Å². The lowest BCUT2D eigenvalue weighted by Gasteiger charge is -1.96. The number of rotatable bonds is 7. The maximum Gasteiger partial charge on any atom is 0.113 e. The number of allylic oxidation sites excluding steroid dienone is 1. The van der Waals surface area contributed by atoms with Gasteiger partial charge in [0.05, 0.1) is 6.10 Å². The van der Waals surface area contributed by atoms with Gasteiger partial charge in [-0.3, -0.25) is 0 Å². The molecule has 0 spiro atoms. The molecule has 63 valence electrons. The van der Waals surface area contributed by atoms with Gasteiger partial charge in [0.2, 0.25) is 0 Å². The summed E-state index contributed by atoms with van der Waals surface area (Å²) in [6.07, 6.45) is 10.2. The molecule has 1 aliphatic rings. The third-order valence-electron chi connectivity index (χ3n) is 1.98. The minimum atomic E-state index is 0.509. The molecular formula is C10H17O. The van der Waals surface area contributed by atoms with E-state index >= 15 is 0 Å². The first kappa shape index (κ1) is 8.79. The fourth-order valence-corrected chi connectivity index (χ4v) is 1.18. The average molecular weight is 153 g/mol. The summed E-state index contributed by atoms with van der Waals surface area (Å²) in [5, 5.41) is 0. The van der Waals surface area contributed by atoms with Crippen LogP contribution < -0.4 is 0 Å². The van der Waals surface area contributed by atoms with E-state index in [1.54, 1.807) is 0 Å². The molecule has 1 saturated heterocycles. The van der Waals surface area contributed by atoms with Crippen LogP contribution in [0.3, 0.4) is 0 Å². The van der Waals surface area contributed by atoms with Crippen LogP contribution in [0.25, 0.3) is 0 Å². The lowest BCUT2D eigenvalue weighted by molar-refractivity contribution is 0.400. The van der Waals surface area contributed by atoms with Crippen molar-refractivity contribution >= 4 is 0 Å². The Morgan fingerprint density at radius 1 is 1.27 bits per heavy atom. The van der Waals surface area contributed by atoms with Crippen molar-refractivity contribution in [3.05, 3.63) is 19.3 Å². The Balaban J connectivity index is 1.69. The highest BCUT2D eigenvalue weighted by atomic mass is 16.6. The van der Waals surface area contributed by atoms with Crippen molar-refractivity contribution in [2.24, 2.45) is 0 Å². The van der Waals surface area contributed by atoms with Crippen LogP contribution in [0, 0.1) is 6.61 Å². The zero-order valence-corrected chi connectivity index (χ0v) is 7.09. The third-order valence-corrected chi connectivity index (χ3v) is 1.98. The molecule has 1 aliphatic heterocycles. The van der Waals surface area contributed by atoms with Gasteiger partial charge in [-0.15, -0.1) is 6.58 Å². The standard InChI is InChI=1S/C10H17O/c1-2-3-4-5-6-7-8-10-9-11-10/h2,9-10H,1,3-8H2.